The number of para-hydroxylation sites is 1. The molecule has 0 aliphatic rings. The molecule has 0 saturated heterocycles. The number of nitrogens with zero attached hydrogens (tertiary/aromatic N) is 2. The molecule has 122 valence electrons. The van der Waals surface area contributed by atoms with Crippen LogP contribution in [-0.4, -0.2) is 15.7 Å². The molecule has 0 aliphatic heterocycles. The molecule has 3 aromatic rings. The van der Waals surface area contributed by atoms with Crippen LogP contribution in [0.3, 0.4) is 0 Å². The zero-order valence-electron chi connectivity index (χ0n) is 13.9. The van der Waals surface area contributed by atoms with Gasteiger partial charge in [-0.1, -0.05) is 62.4 Å². The zero-order valence-corrected chi connectivity index (χ0v) is 13.9. The maximum absolute atomic E-state index is 12.5. The van der Waals surface area contributed by atoms with Gasteiger partial charge in [0.25, 0.3) is 5.91 Å². The summed E-state index contributed by atoms with van der Waals surface area (Å²) in [5.41, 5.74) is 3.69. The van der Waals surface area contributed by atoms with Crippen molar-refractivity contribution < 1.29 is 4.79 Å². The van der Waals surface area contributed by atoms with Crippen LogP contribution in [0.25, 0.3) is 0 Å². The van der Waals surface area contributed by atoms with Gasteiger partial charge in [-0.15, -0.1) is 0 Å². The van der Waals surface area contributed by atoms with Gasteiger partial charge in [-0.05, 0) is 23.1 Å². The predicted octanol–water partition coefficient (Wildman–Crippen LogP) is 4.31. The van der Waals surface area contributed by atoms with Gasteiger partial charge in [-0.3, -0.25) is 9.48 Å². The Balaban J connectivity index is 1.73. The average molecular weight is 319 g/mol. The fraction of sp³-hybridized carbons (Fsp3) is 0.200. The number of nitrogens with one attached hydrogen (secondary N) is 1. The molecule has 0 atom stereocenters. The highest BCUT2D eigenvalue weighted by Gasteiger charge is 2.12. The Kier molecular flexibility index (Phi) is 4.75. The highest BCUT2D eigenvalue weighted by molar-refractivity contribution is 6.04. The van der Waals surface area contributed by atoms with Gasteiger partial charge >= 0.3 is 0 Å². The van der Waals surface area contributed by atoms with E-state index in [1.165, 1.54) is 0 Å². The van der Waals surface area contributed by atoms with Crippen LogP contribution >= 0.6 is 0 Å². The quantitative estimate of drug-likeness (QED) is 0.762. The second-order valence-corrected chi connectivity index (χ2v) is 6.11. The molecule has 0 radical (unpaired) electrons. The molecular formula is C20H21N3O. The van der Waals surface area contributed by atoms with E-state index in [9.17, 15) is 4.79 Å². The van der Waals surface area contributed by atoms with Crippen molar-refractivity contribution in [1.82, 2.24) is 9.78 Å². The van der Waals surface area contributed by atoms with E-state index in [2.05, 4.69) is 24.3 Å². The number of hydrogen-bond acceptors (Lipinski definition) is 2. The molecule has 1 aromatic heterocycles. The summed E-state index contributed by atoms with van der Waals surface area (Å²) < 4.78 is 1.78. The summed E-state index contributed by atoms with van der Waals surface area (Å²) in [6.07, 6.45) is 3.39. The predicted molar refractivity (Wildman–Crippen MR) is 96.3 cm³/mol. The Labute approximate surface area is 142 Å². The van der Waals surface area contributed by atoms with Gasteiger partial charge in [0.15, 0.2) is 0 Å². The van der Waals surface area contributed by atoms with Crippen molar-refractivity contribution >= 4 is 11.6 Å². The van der Waals surface area contributed by atoms with E-state index in [0.717, 1.165) is 16.8 Å². The van der Waals surface area contributed by atoms with Gasteiger partial charge in [0.05, 0.1) is 18.3 Å². The van der Waals surface area contributed by atoms with Crippen LogP contribution < -0.4 is 5.32 Å². The molecule has 0 aliphatic carbocycles. The second-order valence-electron chi connectivity index (χ2n) is 6.11. The van der Waals surface area contributed by atoms with Gasteiger partial charge in [-0.2, -0.15) is 5.10 Å². The molecule has 4 heteroatoms. The minimum atomic E-state index is -0.137. The molecule has 1 heterocycles. The standard InChI is InChI=1S/C20H21N3O/c1-15(2)18-10-6-7-11-19(18)22-20(24)17-12-21-23(14-17)13-16-8-4-3-5-9-16/h3-12,14-15H,13H2,1-2H3,(H,22,24). The third kappa shape index (κ3) is 3.71. The van der Waals surface area contributed by atoms with E-state index in [-0.39, 0.29) is 5.91 Å². The molecule has 0 fully saturated rings. The number of benzene rings is 2. The van der Waals surface area contributed by atoms with Gasteiger partial charge in [-0.25, -0.2) is 0 Å². The lowest BCUT2D eigenvalue weighted by Crippen LogP contribution is -2.13. The molecule has 0 unspecified atom stereocenters. The van der Waals surface area contributed by atoms with Crippen LogP contribution in [0.2, 0.25) is 0 Å². The SMILES string of the molecule is CC(C)c1ccccc1NC(=O)c1cnn(Cc2ccccc2)c1. The molecule has 0 bridgehead atoms. The van der Waals surface area contributed by atoms with Crippen LogP contribution in [0.15, 0.2) is 67.0 Å². The largest absolute Gasteiger partial charge is 0.322 e. The van der Waals surface area contributed by atoms with Crippen molar-refractivity contribution in [2.45, 2.75) is 26.3 Å². The molecule has 3 rings (SSSR count). The number of carbonyl (C=O) groups is 1. The summed E-state index contributed by atoms with van der Waals surface area (Å²) in [7, 11) is 0. The summed E-state index contributed by atoms with van der Waals surface area (Å²) in [6.45, 7) is 4.88. The van der Waals surface area contributed by atoms with Crippen LogP contribution in [0.1, 0.15) is 41.3 Å². The second kappa shape index (κ2) is 7.13. The van der Waals surface area contributed by atoms with Crippen LogP contribution in [0, 0.1) is 0 Å². The summed E-state index contributed by atoms with van der Waals surface area (Å²) in [5, 5.41) is 7.28. The lowest BCUT2D eigenvalue weighted by molar-refractivity contribution is 0.102. The molecule has 4 nitrogen and oxygen atoms in total. The van der Waals surface area contributed by atoms with Crippen molar-refractivity contribution in [3.05, 3.63) is 83.7 Å². The third-order valence-electron chi connectivity index (χ3n) is 3.91. The Bertz CT molecular complexity index is 822. The van der Waals surface area contributed by atoms with Gasteiger partial charge < -0.3 is 5.32 Å². The van der Waals surface area contributed by atoms with Crippen molar-refractivity contribution in [1.29, 1.82) is 0 Å². The first-order chi connectivity index (χ1) is 11.6. The molecule has 1 amide bonds. The zero-order chi connectivity index (χ0) is 16.9. The summed E-state index contributed by atoms with van der Waals surface area (Å²) in [6, 6.07) is 18.0. The van der Waals surface area contributed by atoms with Crippen LogP contribution in [-0.2, 0) is 6.54 Å². The van der Waals surface area contributed by atoms with Crippen molar-refractivity contribution in [2.75, 3.05) is 5.32 Å². The highest BCUT2D eigenvalue weighted by atomic mass is 16.1. The maximum Gasteiger partial charge on any atom is 0.258 e. The molecule has 1 N–H and O–H groups in total. The molecular weight excluding hydrogens is 298 g/mol. The maximum atomic E-state index is 12.5. The summed E-state index contributed by atoms with van der Waals surface area (Å²) in [5.74, 6) is 0.213. The van der Waals surface area contributed by atoms with Crippen molar-refractivity contribution in [3.8, 4) is 0 Å². The fourth-order valence-corrected chi connectivity index (χ4v) is 2.65. The summed E-state index contributed by atoms with van der Waals surface area (Å²) >= 11 is 0. The topological polar surface area (TPSA) is 46.9 Å². The highest BCUT2D eigenvalue weighted by Crippen LogP contribution is 2.24. The number of amides is 1. The Morgan fingerprint density at radius 1 is 1.08 bits per heavy atom. The van der Waals surface area contributed by atoms with Gasteiger partial charge in [0.1, 0.15) is 0 Å². The minimum Gasteiger partial charge on any atom is -0.322 e. The number of carbonyl (C=O) groups excluding carboxylic acids is 1. The lowest BCUT2D eigenvalue weighted by atomic mass is 10.0. The van der Waals surface area contributed by atoms with Gasteiger partial charge in [0.2, 0.25) is 0 Å². The average Bonchev–Trinajstić information content (AvgIpc) is 3.05. The first-order valence-corrected chi connectivity index (χ1v) is 8.10. The number of anilines is 1. The van der Waals surface area contributed by atoms with E-state index in [1.54, 1.807) is 17.1 Å². The monoisotopic (exact) mass is 319 g/mol. The van der Waals surface area contributed by atoms with E-state index in [1.807, 2.05) is 54.6 Å². The smallest absolute Gasteiger partial charge is 0.258 e. The molecule has 0 spiro atoms. The first kappa shape index (κ1) is 16.0. The first-order valence-electron chi connectivity index (χ1n) is 8.10. The molecule has 24 heavy (non-hydrogen) atoms. The van der Waals surface area contributed by atoms with E-state index >= 15 is 0 Å². The fourth-order valence-electron chi connectivity index (χ4n) is 2.65. The third-order valence-corrected chi connectivity index (χ3v) is 3.91. The van der Waals surface area contributed by atoms with Crippen LogP contribution in [0.4, 0.5) is 5.69 Å². The number of hydrogen-bond donors (Lipinski definition) is 1. The lowest BCUT2D eigenvalue weighted by Gasteiger charge is -2.13. The summed E-state index contributed by atoms with van der Waals surface area (Å²) in [4.78, 5) is 12.5. The Hall–Kier alpha value is -2.88. The number of rotatable bonds is 5. The van der Waals surface area contributed by atoms with E-state index in [4.69, 9.17) is 0 Å². The van der Waals surface area contributed by atoms with Crippen molar-refractivity contribution in [3.63, 3.8) is 0 Å². The molecule has 2 aromatic carbocycles. The molecule has 0 saturated carbocycles. The normalized spacial score (nSPS) is 10.8. The van der Waals surface area contributed by atoms with E-state index in [0.29, 0.717) is 18.0 Å². The number of aromatic nitrogens is 2. The van der Waals surface area contributed by atoms with Gasteiger partial charge in [0, 0.05) is 11.9 Å². The Morgan fingerprint density at radius 2 is 1.79 bits per heavy atom. The Morgan fingerprint density at radius 3 is 2.54 bits per heavy atom. The van der Waals surface area contributed by atoms with Crippen molar-refractivity contribution in [2.24, 2.45) is 0 Å². The minimum absolute atomic E-state index is 0.137. The van der Waals surface area contributed by atoms with Crippen LogP contribution in [0.5, 0.6) is 0 Å². The van der Waals surface area contributed by atoms with E-state index < -0.39 is 0 Å².